The molecule has 5 nitrogen and oxygen atoms in total. The Kier molecular flexibility index (Phi) is 4.12. The normalized spacial score (nSPS) is 42.4. The highest BCUT2D eigenvalue weighted by molar-refractivity contribution is 5.71. The molecule has 0 radical (unpaired) electrons. The van der Waals surface area contributed by atoms with Crippen LogP contribution in [0.1, 0.15) is 70.1 Å². The number of hydrogen-bond donors (Lipinski definition) is 0. The molecule has 2 saturated carbocycles. The first-order valence-corrected chi connectivity index (χ1v) is 10.4. The number of esters is 1. The van der Waals surface area contributed by atoms with Gasteiger partial charge in [0.15, 0.2) is 6.29 Å². The molecule has 1 aromatic carbocycles. The van der Waals surface area contributed by atoms with E-state index in [0.29, 0.717) is 13.0 Å². The van der Waals surface area contributed by atoms with Crippen molar-refractivity contribution in [2.45, 2.75) is 81.6 Å². The van der Waals surface area contributed by atoms with Gasteiger partial charge in [0.25, 0.3) is 0 Å². The second-order valence-corrected chi connectivity index (χ2v) is 8.42. The Bertz CT molecular complexity index is 721. The largest absolute Gasteiger partial charge is 0.466 e. The highest BCUT2D eigenvalue weighted by Crippen LogP contribution is 2.69. The number of ether oxygens (including phenoxy) is 4. The van der Waals surface area contributed by atoms with Crippen molar-refractivity contribution in [2.75, 3.05) is 6.61 Å². The van der Waals surface area contributed by atoms with Crippen LogP contribution in [-0.4, -0.2) is 29.6 Å². The molecular weight excluding hydrogens is 344 g/mol. The fourth-order valence-corrected chi connectivity index (χ4v) is 6.13. The maximum atomic E-state index is 12.4. The third-order valence-corrected chi connectivity index (χ3v) is 7.04. The Morgan fingerprint density at radius 1 is 1.11 bits per heavy atom. The van der Waals surface area contributed by atoms with Gasteiger partial charge in [0.1, 0.15) is 5.60 Å². The molecule has 4 aliphatic rings. The lowest BCUT2D eigenvalue weighted by Gasteiger charge is -2.41. The van der Waals surface area contributed by atoms with Crippen molar-refractivity contribution in [1.82, 2.24) is 0 Å². The Balaban J connectivity index is 1.51. The van der Waals surface area contributed by atoms with Gasteiger partial charge in [0.2, 0.25) is 5.79 Å². The van der Waals surface area contributed by atoms with Gasteiger partial charge in [-0.05, 0) is 32.6 Å². The molecule has 5 rings (SSSR count). The Morgan fingerprint density at radius 3 is 2.74 bits per heavy atom. The molecule has 2 aliphatic carbocycles. The van der Waals surface area contributed by atoms with Crippen LogP contribution in [0.2, 0.25) is 0 Å². The van der Waals surface area contributed by atoms with E-state index in [1.54, 1.807) is 0 Å². The topological polar surface area (TPSA) is 54.0 Å². The molecule has 0 unspecified atom stereocenters. The zero-order chi connectivity index (χ0) is 18.5. The highest BCUT2D eigenvalue weighted by atomic mass is 16.8. The van der Waals surface area contributed by atoms with Crippen molar-refractivity contribution in [1.29, 1.82) is 0 Å². The van der Waals surface area contributed by atoms with Crippen LogP contribution in [0.5, 0.6) is 0 Å². The summed E-state index contributed by atoms with van der Waals surface area (Å²) in [6.07, 6.45) is 6.80. The van der Waals surface area contributed by atoms with Gasteiger partial charge in [-0.1, -0.05) is 43.2 Å². The Labute approximate surface area is 160 Å². The van der Waals surface area contributed by atoms with E-state index in [1.165, 1.54) is 0 Å². The summed E-state index contributed by atoms with van der Waals surface area (Å²) in [5, 5.41) is 0. The van der Waals surface area contributed by atoms with Gasteiger partial charge >= 0.3 is 5.97 Å². The van der Waals surface area contributed by atoms with Gasteiger partial charge in [0, 0.05) is 17.9 Å². The minimum absolute atomic E-state index is 0.173. The smallest absolute Gasteiger partial charge is 0.308 e. The molecule has 0 spiro atoms. The first-order chi connectivity index (χ1) is 13.1. The first-order valence-electron chi connectivity index (χ1n) is 10.4. The van der Waals surface area contributed by atoms with Crippen LogP contribution < -0.4 is 0 Å². The van der Waals surface area contributed by atoms with E-state index in [1.807, 2.05) is 37.3 Å². The number of hydrogen-bond acceptors (Lipinski definition) is 5. The van der Waals surface area contributed by atoms with Crippen LogP contribution in [0.15, 0.2) is 30.3 Å². The monoisotopic (exact) mass is 372 g/mol. The van der Waals surface area contributed by atoms with Crippen molar-refractivity contribution in [3.05, 3.63) is 35.9 Å². The first kappa shape index (κ1) is 17.7. The van der Waals surface area contributed by atoms with Crippen molar-refractivity contribution in [3.63, 3.8) is 0 Å². The molecule has 5 atom stereocenters. The molecule has 2 saturated heterocycles. The van der Waals surface area contributed by atoms with Crippen molar-refractivity contribution < 1.29 is 23.7 Å². The van der Waals surface area contributed by atoms with Crippen LogP contribution in [0.3, 0.4) is 0 Å². The fraction of sp³-hybridized carbons (Fsp3) is 0.682. The van der Waals surface area contributed by atoms with Crippen LogP contribution in [0.4, 0.5) is 0 Å². The summed E-state index contributed by atoms with van der Waals surface area (Å²) in [7, 11) is 0. The zero-order valence-electron chi connectivity index (χ0n) is 15.9. The van der Waals surface area contributed by atoms with Crippen molar-refractivity contribution >= 4 is 5.97 Å². The number of carbonyl (C=O) groups is 1. The lowest BCUT2D eigenvalue weighted by atomic mass is 9.69. The summed E-state index contributed by atoms with van der Waals surface area (Å²) in [5.74, 6) is -0.722. The Hall–Kier alpha value is -1.43. The fourth-order valence-electron chi connectivity index (χ4n) is 6.13. The molecule has 146 valence electrons. The molecule has 2 aliphatic heterocycles. The molecular formula is C22H28O5. The average Bonchev–Trinajstić information content (AvgIpc) is 3.27. The number of benzene rings is 1. The number of fused-ring (bicyclic) bond motifs is 1. The maximum Gasteiger partial charge on any atom is 0.308 e. The minimum Gasteiger partial charge on any atom is -0.466 e. The molecule has 0 N–H and O–H groups in total. The second-order valence-electron chi connectivity index (χ2n) is 8.42. The zero-order valence-corrected chi connectivity index (χ0v) is 15.9. The van der Waals surface area contributed by atoms with E-state index >= 15 is 0 Å². The van der Waals surface area contributed by atoms with E-state index in [4.69, 9.17) is 18.9 Å². The van der Waals surface area contributed by atoms with Crippen molar-refractivity contribution in [3.8, 4) is 0 Å². The number of rotatable bonds is 4. The molecule has 1 aromatic rings. The third-order valence-electron chi connectivity index (χ3n) is 7.04. The molecule has 0 amide bonds. The van der Waals surface area contributed by atoms with E-state index < -0.39 is 23.3 Å². The minimum atomic E-state index is -0.733. The van der Waals surface area contributed by atoms with Crippen LogP contribution in [0.25, 0.3) is 0 Å². The SMILES string of the molecule is CCOC(=O)C[C@]12CCC[C@H]1[C@@]13CCCC[C@@]1(O[C@@H](c1ccccc1)O3)O2. The van der Waals surface area contributed by atoms with Crippen LogP contribution in [-0.2, 0) is 23.7 Å². The van der Waals surface area contributed by atoms with Gasteiger partial charge in [-0.3, -0.25) is 4.79 Å². The predicted molar refractivity (Wildman–Crippen MR) is 97.7 cm³/mol. The number of carbonyl (C=O) groups excluding carboxylic acids is 1. The average molecular weight is 372 g/mol. The summed E-state index contributed by atoms with van der Waals surface area (Å²) >= 11 is 0. The molecule has 0 aromatic heterocycles. The molecule has 5 heteroatoms. The quantitative estimate of drug-likeness (QED) is 0.739. The standard InChI is InChI=1S/C22H28O5/c1-2-24-18(23)15-20-12-8-11-17(20)21-13-6-7-14-22(21,27-20)26-19(25-21)16-9-4-3-5-10-16/h3-5,9-10,17,19H,2,6-8,11-15H2,1H3/t17-,19+,20-,21+,22-/m1/s1. The lowest BCUT2D eigenvalue weighted by molar-refractivity contribution is -0.269. The molecule has 27 heavy (non-hydrogen) atoms. The van der Waals surface area contributed by atoms with E-state index in [-0.39, 0.29) is 11.9 Å². The lowest BCUT2D eigenvalue weighted by Crippen LogP contribution is -2.53. The van der Waals surface area contributed by atoms with Crippen molar-refractivity contribution in [2.24, 2.45) is 5.92 Å². The van der Waals surface area contributed by atoms with E-state index in [2.05, 4.69) is 0 Å². The molecule has 4 fully saturated rings. The summed E-state index contributed by atoms with van der Waals surface area (Å²) in [6, 6.07) is 10.1. The summed E-state index contributed by atoms with van der Waals surface area (Å²) in [5.41, 5.74) is 0.0812. The van der Waals surface area contributed by atoms with Gasteiger partial charge in [-0.2, -0.15) is 0 Å². The third kappa shape index (κ3) is 2.44. The highest BCUT2D eigenvalue weighted by Gasteiger charge is 2.78. The summed E-state index contributed by atoms with van der Waals surface area (Å²) < 4.78 is 25.4. The van der Waals surface area contributed by atoms with Gasteiger partial charge < -0.3 is 18.9 Å². The van der Waals surface area contributed by atoms with Gasteiger partial charge in [-0.25, -0.2) is 0 Å². The van der Waals surface area contributed by atoms with Gasteiger partial charge in [0.05, 0.1) is 18.6 Å². The van der Waals surface area contributed by atoms with Gasteiger partial charge in [-0.15, -0.1) is 0 Å². The van der Waals surface area contributed by atoms with Crippen LogP contribution in [0, 0.1) is 5.92 Å². The Morgan fingerprint density at radius 2 is 1.93 bits per heavy atom. The maximum absolute atomic E-state index is 12.4. The van der Waals surface area contributed by atoms with E-state index in [9.17, 15) is 4.79 Å². The molecule has 0 bridgehead atoms. The van der Waals surface area contributed by atoms with E-state index in [0.717, 1.165) is 50.5 Å². The second kappa shape index (κ2) is 6.29. The summed E-state index contributed by atoms with van der Waals surface area (Å²) in [4.78, 5) is 12.4. The summed E-state index contributed by atoms with van der Waals surface area (Å²) in [6.45, 7) is 2.25. The predicted octanol–water partition coefficient (Wildman–Crippen LogP) is 4.26. The van der Waals surface area contributed by atoms with Crippen LogP contribution >= 0.6 is 0 Å². The molecule has 2 heterocycles.